The Kier molecular flexibility index (Phi) is 22.9. The fourth-order valence-electron chi connectivity index (χ4n) is 1.31. The topological polar surface area (TPSA) is 3.88 Å². The van der Waals surface area contributed by atoms with Crippen molar-refractivity contribution in [3.63, 3.8) is 0 Å². The van der Waals surface area contributed by atoms with Gasteiger partial charge < -0.3 is 120 Å². The summed E-state index contributed by atoms with van der Waals surface area (Å²) in [5.74, 6) is 0. The first kappa shape index (κ1) is 26.8. The maximum atomic E-state index is 2.12. The molecule has 0 aliphatic carbocycles. The monoisotopic (exact) mass is 779 g/mol. The number of hydrogen-bond donors (Lipinski definition) is 0. The minimum absolute atomic E-state index is 0. The van der Waals surface area contributed by atoms with Gasteiger partial charge in [0.15, 0.2) is 6.20 Å². The van der Waals surface area contributed by atoms with Gasteiger partial charge in [-0.1, -0.05) is 12.1 Å². The van der Waals surface area contributed by atoms with Crippen LogP contribution in [-0.2, 0) is 7.05 Å². The normalized spacial score (nSPS) is 7.06. The van der Waals surface area contributed by atoms with Crippen LogP contribution in [0.1, 0.15) is 0 Å². The van der Waals surface area contributed by atoms with Crippen molar-refractivity contribution in [3.8, 4) is 0 Å². The SMILES string of the molecule is C[n+]1cccc2ccccc21.[I-].[I-].[I-].[I-].[I-]. The molecule has 0 amide bonds. The number of hydrogen-bond acceptors (Lipinski definition) is 0. The second-order valence-corrected chi connectivity index (χ2v) is 2.68. The van der Waals surface area contributed by atoms with Crippen LogP contribution in [0.25, 0.3) is 10.9 Å². The van der Waals surface area contributed by atoms with Crippen LogP contribution < -0.4 is 124 Å². The molecule has 1 nitrogen and oxygen atoms in total. The van der Waals surface area contributed by atoms with Crippen molar-refractivity contribution in [2.45, 2.75) is 0 Å². The lowest BCUT2D eigenvalue weighted by molar-refractivity contribution is -0.644. The Labute approximate surface area is 182 Å². The summed E-state index contributed by atoms with van der Waals surface area (Å²) in [4.78, 5) is 0. The molecule has 16 heavy (non-hydrogen) atoms. The molecule has 0 saturated carbocycles. The Hall–Kier alpha value is 2.28. The van der Waals surface area contributed by atoms with Gasteiger partial charge in [0.25, 0.3) is 0 Å². The Balaban J connectivity index is -0.000000144. The van der Waals surface area contributed by atoms with Gasteiger partial charge in [-0.15, -0.1) is 0 Å². The Morgan fingerprint density at radius 1 is 0.750 bits per heavy atom. The fourth-order valence-corrected chi connectivity index (χ4v) is 1.31. The molecular formula is C10H10I5N-4. The van der Waals surface area contributed by atoms with E-state index in [1.54, 1.807) is 0 Å². The zero-order valence-electron chi connectivity index (χ0n) is 8.38. The van der Waals surface area contributed by atoms with Gasteiger partial charge in [-0.05, 0) is 12.1 Å². The summed E-state index contributed by atoms with van der Waals surface area (Å²) in [5.41, 5.74) is 1.27. The van der Waals surface area contributed by atoms with Gasteiger partial charge in [0.05, 0.1) is 0 Å². The average molecular weight is 779 g/mol. The summed E-state index contributed by atoms with van der Waals surface area (Å²) in [6.45, 7) is 0. The molecule has 1 aromatic heterocycles. The number of aryl methyl sites for hydroxylation is 1. The quantitative estimate of drug-likeness (QED) is 0.185. The van der Waals surface area contributed by atoms with E-state index in [-0.39, 0.29) is 120 Å². The van der Waals surface area contributed by atoms with E-state index in [4.69, 9.17) is 0 Å². The molecule has 1 heterocycles. The van der Waals surface area contributed by atoms with Crippen LogP contribution in [0.15, 0.2) is 42.6 Å². The number of pyridine rings is 1. The molecule has 0 N–H and O–H groups in total. The maximum Gasteiger partial charge on any atom is 0.212 e. The van der Waals surface area contributed by atoms with E-state index in [9.17, 15) is 0 Å². The van der Waals surface area contributed by atoms with Crippen molar-refractivity contribution < 1.29 is 124 Å². The average Bonchev–Trinajstić information content (AvgIpc) is 2.06. The smallest absolute Gasteiger partial charge is 0.212 e. The third kappa shape index (κ3) is 7.01. The zero-order valence-corrected chi connectivity index (χ0v) is 19.2. The summed E-state index contributed by atoms with van der Waals surface area (Å²) in [6.07, 6.45) is 2.06. The first-order valence-corrected chi connectivity index (χ1v) is 3.71. The molecule has 1 aromatic carbocycles. The summed E-state index contributed by atoms with van der Waals surface area (Å²) in [5, 5.41) is 1.29. The number of benzene rings is 1. The van der Waals surface area contributed by atoms with Gasteiger partial charge in [0.2, 0.25) is 5.52 Å². The van der Waals surface area contributed by atoms with Crippen molar-refractivity contribution in [2.75, 3.05) is 0 Å². The van der Waals surface area contributed by atoms with E-state index >= 15 is 0 Å². The summed E-state index contributed by atoms with van der Waals surface area (Å²) >= 11 is 0. The van der Waals surface area contributed by atoms with E-state index in [2.05, 4.69) is 54.2 Å². The predicted molar refractivity (Wildman–Crippen MR) is 45.1 cm³/mol. The molecular weight excluding hydrogens is 769 g/mol. The summed E-state index contributed by atoms with van der Waals surface area (Å²) in [7, 11) is 2.06. The molecule has 0 fully saturated rings. The van der Waals surface area contributed by atoms with Crippen LogP contribution in [0, 0.1) is 0 Å². The molecule has 0 atom stereocenters. The van der Waals surface area contributed by atoms with Gasteiger partial charge in [-0.3, -0.25) is 0 Å². The van der Waals surface area contributed by atoms with Crippen molar-refractivity contribution in [2.24, 2.45) is 7.05 Å². The highest BCUT2D eigenvalue weighted by molar-refractivity contribution is 5.74. The second kappa shape index (κ2) is 13.7. The largest absolute Gasteiger partial charge is 1.00 e. The number of rotatable bonds is 0. The molecule has 0 unspecified atom stereocenters. The van der Waals surface area contributed by atoms with Crippen LogP contribution in [0.3, 0.4) is 0 Å². The molecule has 2 aromatic rings. The molecule has 2 rings (SSSR count). The van der Waals surface area contributed by atoms with Gasteiger partial charge in [0, 0.05) is 17.5 Å². The molecule has 6 heteroatoms. The number of halogens is 5. The Morgan fingerprint density at radius 3 is 1.81 bits per heavy atom. The van der Waals surface area contributed by atoms with Crippen LogP contribution in [0.4, 0.5) is 0 Å². The second-order valence-electron chi connectivity index (χ2n) is 2.68. The molecule has 0 radical (unpaired) electrons. The van der Waals surface area contributed by atoms with Crippen molar-refractivity contribution >= 4 is 10.9 Å². The van der Waals surface area contributed by atoms with Gasteiger partial charge in [-0.2, -0.15) is 0 Å². The predicted octanol–water partition coefficient (Wildman–Crippen LogP) is -13.3. The summed E-state index contributed by atoms with van der Waals surface area (Å²) < 4.78 is 2.12. The van der Waals surface area contributed by atoms with E-state index in [1.807, 2.05) is 0 Å². The molecule has 0 bridgehead atoms. The third-order valence-electron chi connectivity index (χ3n) is 1.90. The highest BCUT2D eigenvalue weighted by Crippen LogP contribution is 2.06. The van der Waals surface area contributed by atoms with Gasteiger partial charge >= 0.3 is 0 Å². The molecule has 0 aliphatic rings. The van der Waals surface area contributed by atoms with Crippen LogP contribution in [0.2, 0.25) is 0 Å². The summed E-state index contributed by atoms with van der Waals surface area (Å²) in [6, 6.07) is 12.5. The van der Waals surface area contributed by atoms with E-state index in [1.165, 1.54) is 10.9 Å². The van der Waals surface area contributed by atoms with E-state index in [0.29, 0.717) is 0 Å². The Morgan fingerprint density at radius 2 is 1.25 bits per heavy atom. The van der Waals surface area contributed by atoms with E-state index in [0.717, 1.165) is 0 Å². The van der Waals surface area contributed by atoms with Crippen LogP contribution in [0.5, 0.6) is 0 Å². The Bertz CT molecular complexity index is 388. The highest BCUT2D eigenvalue weighted by atomic mass is 127. The lowest BCUT2D eigenvalue weighted by Crippen LogP contribution is -3.00. The molecule has 0 aliphatic heterocycles. The molecule has 0 spiro atoms. The van der Waals surface area contributed by atoms with Crippen LogP contribution in [-0.4, -0.2) is 0 Å². The van der Waals surface area contributed by atoms with Crippen molar-refractivity contribution in [1.29, 1.82) is 0 Å². The standard InChI is InChI=1S/C10H10N.5HI/c1-11-8-4-6-9-5-2-3-7-10(9)11;;;;;/h2-8H,1H3;5*1H/q+1;;;;;/p-5. The number of para-hydroxylation sites is 1. The van der Waals surface area contributed by atoms with Gasteiger partial charge in [-0.25, -0.2) is 4.57 Å². The zero-order chi connectivity index (χ0) is 7.68. The minimum atomic E-state index is 0. The first-order valence-electron chi connectivity index (χ1n) is 3.71. The van der Waals surface area contributed by atoms with Crippen LogP contribution >= 0.6 is 0 Å². The number of nitrogens with zero attached hydrogens (tertiary/aromatic N) is 1. The van der Waals surface area contributed by atoms with E-state index < -0.39 is 0 Å². The highest BCUT2D eigenvalue weighted by Gasteiger charge is 1.99. The third-order valence-corrected chi connectivity index (χ3v) is 1.90. The van der Waals surface area contributed by atoms with Crippen molar-refractivity contribution in [3.05, 3.63) is 42.6 Å². The lowest BCUT2D eigenvalue weighted by Gasteiger charge is -1.93. The maximum absolute atomic E-state index is 2.12. The lowest BCUT2D eigenvalue weighted by atomic mass is 10.2. The van der Waals surface area contributed by atoms with Crippen molar-refractivity contribution in [1.82, 2.24) is 0 Å². The molecule has 0 saturated heterocycles. The number of aromatic nitrogens is 1. The fraction of sp³-hybridized carbons (Fsp3) is 0.100. The number of fused-ring (bicyclic) bond motifs is 1. The molecule has 94 valence electrons. The van der Waals surface area contributed by atoms with Gasteiger partial charge in [0.1, 0.15) is 7.05 Å². The minimum Gasteiger partial charge on any atom is -1.00 e. The first-order chi connectivity index (χ1) is 5.38.